The van der Waals surface area contributed by atoms with Gasteiger partial charge in [0.05, 0.1) is 11.6 Å². The van der Waals surface area contributed by atoms with E-state index in [0.717, 1.165) is 12.1 Å². The number of halogens is 2. The van der Waals surface area contributed by atoms with Gasteiger partial charge < -0.3 is 35.9 Å². The summed E-state index contributed by atoms with van der Waals surface area (Å²) in [5.74, 6) is 0.348. The molecule has 13 nitrogen and oxygen atoms in total. The zero-order chi connectivity index (χ0) is 35.1. The minimum atomic E-state index is -0.750. The molecule has 0 saturated carbocycles. The number of nitrogens with one attached hydrogen (secondary N) is 1. The van der Waals surface area contributed by atoms with E-state index < -0.39 is 17.9 Å². The third-order valence-electron chi connectivity index (χ3n) is 8.51. The Bertz CT molecular complexity index is 1640. The number of benzene rings is 1. The Morgan fingerprint density at radius 1 is 1.15 bits per heavy atom. The zero-order valence-electron chi connectivity index (χ0n) is 27.5. The van der Waals surface area contributed by atoms with Crippen molar-refractivity contribution < 1.29 is 28.6 Å². The largest absolute Gasteiger partial charge is 0.484 e. The standard InChI is InChI=1S/C33H43Cl2N7O6/c1-5-18(2)14-24(39-33(36)37)32(46)38-16-28(44)42-12-10-20(11-13-42)25-15-23(40-41(25)4)31(45)22-7-9-27(30(35)29(22)34)47-17-21-6-8-26(48-21)19(3)43/h6-9,15,18-20,24,43H,5,10-14,16-17H2,1-4H3,(H,38,46)(H4,36,37,39)/t18?,19?,24-/m1/s1. The van der Waals surface area contributed by atoms with Crippen molar-refractivity contribution in [1.29, 1.82) is 0 Å². The molecule has 2 aromatic heterocycles. The van der Waals surface area contributed by atoms with Crippen LogP contribution in [-0.4, -0.2) is 69.0 Å². The van der Waals surface area contributed by atoms with Gasteiger partial charge in [0.25, 0.3) is 0 Å². The molecule has 3 atom stereocenters. The Morgan fingerprint density at radius 3 is 2.48 bits per heavy atom. The number of rotatable bonds is 14. The Balaban J connectivity index is 1.33. The number of ether oxygens (including phenoxy) is 1. The van der Waals surface area contributed by atoms with E-state index >= 15 is 0 Å². The highest BCUT2D eigenvalue weighted by Gasteiger charge is 2.29. The monoisotopic (exact) mass is 703 g/mol. The van der Waals surface area contributed by atoms with Gasteiger partial charge in [-0.1, -0.05) is 43.5 Å². The van der Waals surface area contributed by atoms with Crippen LogP contribution in [0.15, 0.2) is 39.7 Å². The van der Waals surface area contributed by atoms with E-state index in [-0.39, 0.29) is 69.8 Å². The van der Waals surface area contributed by atoms with Gasteiger partial charge in [0.15, 0.2) is 5.96 Å². The second kappa shape index (κ2) is 16.4. The van der Waals surface area contributed by atoms with Crippen molar-refractivity contribution in [3.63, 3.8) is 0 Å². The lowest BCUT2D eigenvalue weighted by atomic mass is 9.92. The van der Waals surface area contributed by atoms with Crippen LogP contribution in [0.25, 0.3) is 0 Å². The first-order chi connectivity index (χ1) is 22.8. The first-order valence-electron chi connectivity index (χ1n) is 15.9. The quantitative estimate of drug-likeness (QED) is 0.109. The number of aliphatic hydroxyl groups is 1. The normalized spacial score (nSPS) is 15.4. The molecule has 0 aliphatic carbocycles. The topological polar surface area (TPSA) is 191 Å². The van der Waals surface area contributed by atoms with Crippen molar-refractivity contribution in [3.05, 3.63) is 68.8 Å². The third kappa shape index (κ3) is 9.09. The number of aromatic nitrogens is 2. The number of hydrogen-bond donors (Lipinski definition) is 4. The predicted molar refractivity (Wildman–Crippen MR) is 182 cm³/mol. The highest BCUT2D eigenvalue weighted by atomic mass is 35.5. The van der Waals surface area contributed by atoms with Gasteiger partial charge in [-0.3, -0.25) is 19.1 Å². The molecule has 48 heavy (non-hydrogen) atoms. The van der Waals surface area contributed by atoms with Gasteiger partial charge in [-0.25, -0.2) is 4.99 Å². The number of aliphatic imine (C=N–C) groups is 1. The summed E-state index contributed by atoms with van der Waals surface area (Å²) in [6.07, 6.45) is 1.92. The van der Waals surface area contributed by atoms with E-state index in [9.17, 15) is 19.5 Å². The van der Waals surface area contributed by atoms with Gasteiger partial charge in [-0.15, -0.1) is 0 Å². The van der Waals surface area contributed by atoms with Gasteiger partial charge in [-0.05, 0) is 62.4 Å². The highest BCUT2D eigenvalue weighted by Crippen LogP contribution is 2.37. The second-order valence-corrected chi connectivity index (χ2v) is 12.9. The van der Waals surface area contributed by atoms with Crippen molar-refractivity contribution in [2.45, 2.75) is 71.1 Å². The number of likely N-dealkylation sites (tertiary alicyclic amines) is 1. The maximum Gasteiger partial charge on any atom is 0.245 e. The average molecular weight is 705 g/mol. The number of hydrogen-bond acceptors (Lipinski definition) is 8. The number of aryl methyl sites for hydroxylation is 1. The number of carbonyl (C=O) groups is 3. The molecule has 0 radical (unpaired) electrons. The lowest BCUT2D eigenvalue weighted by Crippen LogP contribution is -2.46. The van der Waals surface area contributed by atoms with Crippen LogP contribution in [0.1, 0.15) is 91.7 Å². The highest BCUT2D eigenvalue weighted by molar-refractivity contribution is 6.45. The SMILES string of the molecule is CCC(C)C[C@@H](N=C(N)N)C(=O)NCC(=O)N1CCC(c2cc(C(=O)c3ccc(OCc4ccc(C(C)O)o4)c(Cl)c3Cl)nn2C)CC1. The third-order valence-corrected chi connectivity index (χ3v) is 9.38. The molecule has 2 unspecified atom stereocenters. The van der Waals surface area contributed by atoms with E-state index in [1.54, 1.807) is 47.8 Å². The van der Waals surface area contributed by atoms with Gasteiger partial charge in [0.2, 0.25) is 17.6 Å². The van der Waals surface area contributed by atoms with E-state index in [0.29, 0.717) is 43.9 Å². The molecular weight excluding hydrogens is 661 g/mol. The fourth-order valence-electron chi connectivity index (χ4n) is 5.54. The number of nitrogens with zero attached hydrogens (tertiary/aromatic N) is 4. The second-order valence-electron chi connectivity index (χ2n) is 12.1. The molecule has 3 heterocycles. The smallest absolute Gasteiger partial charge is 0.245 e. The zero-order valence-corrected chi connectivity index (χ0v) is 29.1. The molecule has 1 fully saturated rings. The van der Waals surface area contributed by atoms with Gasteiger partial charge in [-0.2, -0.15) is 5.10 Å². The van der Waals surface area contributed by atoms with E-state index in [2.05, 4.69) is 15.4 Å². The molecule has 0 spiro atoms. The van der Waals surface area contributed by atoms with Crippen LogP contribution in [0, 0.1) is 5.92 Å². The van der Waals surface area contributed by atoms with Crippen molar-refractivity contribution >= 4 is 46.8 Å². The molecule has 6 N–H and O–H groups in total. The minimum Gasteiger partial charge on any atom is -0.484 e. The summed E-state index contributed by atoms with van der Waals surface area (Å²) >= 11 is 13.0. The molecule has 3 aromatic rings. The number of nitrogens with two attached hydrogens (primary N) is 2. The van der Waals surface area contributed by atoms with Crippen LogP contribution < -0.4 is 21.5 Å². The molecule has 15 heteroatoms. The maximum absolute atomic E-state index is 13.5. The summed E-state index contributed by atoms with van der Waals surface area (Å²) in [6.45, 7) is 6.51. The molecule has 260 valence electrons. The average Bonchev–Trinajstić information content (AvgIpc) is 3.70. The fourth-order valence-corrected chi connectivity index (χ4v) is 6.00. The van der Waals surface area contributed by atoms with Crippen LogP contribution in [0.5, 0.6) is 5.75 Å². The van der Waals surface area contributed by atoms with Gasteiger partial charge in [0.1, 0.15) is 46.7 Å². The number of furan rings is 1. The molecule has 1 aromatic carbocycles. The van der Waals surface area contributed by atoms with Crippen molar-refractivity contribution in [2.75, 3.05) is 19.6 Å². The fraction of sp³-hybridized carbons (Fsp3) is 0.485. The summed E-state index contributed by atoms with van der Waals surface area (Å²) in [7, 11) is 1.77. The Morgan fingerprint density at radius 2 is 1.85 bits per heavy atom. The lowest BCUT2D eigenvalue weighted by molar-refractivity contribution is -0.134. The first-order valence-corrected chi connectivity index (χ1v) is 16.6. The molecule has 1 saturated heterocycles. The molecule has 1 aliphatic heterocycles. The van der Waals surface area contributed by atoms with Crippen LogP contribution in [0.3, 0.4) is 0 Å². The number of guanidine groups is 1. The van der Waals surface area contributed by atoms with Crippen LogP contribution in [0.2, 0.25) is 10.0 Å². The van der Waals surface area contributed by atoms with Crippen LogP contribution in [-0.2, 0) is 23.2 Å². The number of carbonyl (C=O) groups excluding carboxylic acids is 3. The first kappa shape index (κ1) is 36.8. The Kier molecular flexibility index (Phi) is 12.5. The van der Waals surface area contributed by atoms with Crippen molar-refractivity contribution in [2.24, 2.45) is 29.4 Å². The van der Waals surface area contributed by atoms with E-state index in [1.165, 1.54) is 6.07 Å². The maximum atomic E-state index is 13.5. The summed E-state index contributed by atoms with van der Waals surface area (Å²) in [4.78, 5) is 44.9. The molecule has 4 rings (SSSR count). The minimum absolute atomic E-state index is 0.0406. The predicted octanol–water partition coefficient (Wildman–Crippen LogP) is 4.08. The summed E-state index contributed by atoms with van der Waals surface area (Å²) in [5.41, 5.74) is 12.3. The summed E-state index contributed by atoms with van der Waals surface area (Å²) in [5, 5.41) is 16.9. The molecular formula is C33H43Cl2N7O6. The van der Waals surface area contributed by atoms with Crippen LogP contribution >= 0.6 is 23.2 Å². The molecule has 2 amide bonds. The Hall–Kier alpha value is -4.07. The number of ketones is 1. The van der Waals surface area contributed by atoms with Gasteiger partial charge in [0, 0.05) is 37.3 Å². The van der Waals surface area contributed by atoms with Crippen molar-refractivity contribution in [3.8, 4) is 5.75 Å². The van der Waals surface area contributed by atoms with Crippen molar-refractivity contribution in [1.82, 2.24) is 20.0 Å². The number of piperidine rings is 1. The van der Waals surface area contributed by atoms with Gasteiger partial charge >= 0.3 is 0 Å². The molecule has 1 aliphatic rings. The summed E-state index contributed by atoms with van der Waals surface area (Å²) < 4.78 is 13.0. The molecule has 0 bridgehead atoms. The van der Waals surface area contributed by atoms with E-state index in [1.807, 2.05) is 13.8 Å². The lowest BCUT2D eigenvalue weighted by Gasteiger charge is -2.32. The number of amides is 2. The van der Waals surface area contributed by atoms with Crippen LogP contribution in [0.4, 0.5) is 0 Å². The number of aliphatic hydroxyl groups excluding tert-OH is 1. The Labute approximate surface area is 289 Å². The van der Waals surface area contributed by atoms with E-state index in [4.69, 9.17) is 43.8 Å². The summed E-state index contributed by atoms with van der Waals surface area (Å²) in [6, 6.07) is 7.45.